The normalized spacial score (nSPS) is 10.3. The summed E-state index contributed by atoms with van der Waals surface area (Å²) in [5.74, 6) is 0. The van der Waals surface area contributed by atoms with Gasteiger partial charge in [0.05, 0.1) is 6.07 Å². The second-order valence-corrected chi connectivity index (χ2v) is 4.03. The molecule has 16 heavy (non-hydrogen) atoms. The Hall–Kier alpha value is -1.72. The summed E-state index contributed by atoms with van der Waals surface area (Å²) >= 11 is 6.07. The summed E-state index contributed by atoms with van der Waals surface area (Å²) in [7, 11) is 0. The van der Waals surface area contributed by atoms with Crippen molar-refractivity contribution >= 4 is 28.6 Å². The lowest BCUT2D eigenvalue weighted by Gasteiger charge is -2.04. The number of nitriles is 1. The molecule has 0 saturated carbocycles. The molecule has 0 unspecified atom stereocenters. The van der Waals surface area contributed by atoms with Crippen LogP contribution >= 0.6 is 11.6 Å². The van der Waals surface area contributed by atoms with Crippen molar-refractivity contribution < 1.29 is 0 Å². The number of hydrogen-bond donors (Lipinski definition) is 0. The molecule has 0 aliphatic carbocycles. The van der Waals surface area contributed by atoms with Crippen LogP contribution in [0.4, 0.5) is 0 Å². The number of nitrogens with zero attached hydrogens (tertiary/aromatic N) is 2. The number of aryl methyl sites for hydroxylation is 1. The Labute approximate surface area is 99.4 Å². The van der Waals surface area contributed by atoms with E-state index in [2.05, 4.69) is 12.6 Å². The summed E-state index contributed by atoms with van der Waals surface area (Å²) < 4.78 is 1.94. The lowest BCUT2D eigenvalue weighted by atomic mass is 10.1. The number of aromatic nitrogens is 1. The molecule has 0 spiro atoms. The van der Waals surface area contributed by atoms with E-state index >= 15 is 0 Å². The molecule has 0 saturated heterocycles. The van der Waals surface area contributed by atoms with Gasteiger partial charge in [-0.15, -0.1) is 0 Å². The fourth-order valence-corrected chi connectivity index (χ4v) is 2.05. The van der Waals surface area contributed by atoms with Crippen molar-refractivity contribution in [1.29, 1.82) is 5.26 Å². The highest BCUT2D eigenvalue weighted by Gasteiger charge is 2.09. The molecule has 0 radical (unpaired) electrons. The summed E-state index contributed by atoms with van der Waals surface area (Å²) in [4.78, 5) is 0. The van der Waals surface area contributed by atoms with Gasteiger partial charge in [-0.25, -0.2) is 0 Å². The quantitative estimate of drug-likeness (QED) is 0.772. The highest BCUT2D eigenvalue weighted by atomic mass is 35.5. The van der Waals surface area contributed by atoms with Gasteiger partial charge in [0.1, 0.15) is 6.54 Å². The Bertz CT molecular complexity index is 602. The van der Waals surface area contributed by atoms with E-state index in [-0.39, 0.29) is 0 Å². The van der Waals surface area contributed by atoms with Gasteiger partial charge in [-0.05, 0) is 36.8 Å². The minimum atomic E-state index is 0.325. The topological polar surface area (TPSA) is 28.7 Å². The van der Waals surface area contributed by atoms with Crippen LogP contribution in [0, 0.1) is 18.3 Å². The molecule has 0 aliphatic heterocycles. The van der Waals surface area contributed by atoms with Crippen molar-refractivity contribution in [1.82, 2.24) is 4.57 Å². The number of rotatable bonds is 2. The third kappa shape index (κ3) is 1.50. The molecule has 0 fully saturated rings. The van der Waals surface area contributed by atoms with Crippen LogP contribution in [0.25, 0.3) is 17.0 Å². The minimum absolute atomic E-state index is 0.325. The van der Waals surface area contributed by atoms with Gasteiger partial charge < -0.3 is 4.57 Å². The molecule has 1 aromatic carbocycles. The lowest BCUT2D eigenvalue weighted by Crippen LogP contribution is -1.97. The van der Waals surface area contributed by atoms with Crippen molar-refractivity contribution in [3.05, 3.63) is 41.1 Å². The molecular formula is C13H11ClN2. The van der Waals surface area contributed by atoms with Gasteiger partial charge in [-0.1, -0.05) is 18.2 Å². The first-order valence-corrected chi connectivity index (χ1v) is 5.34. The van der Waals surface area contributed by atoms with Crippen molar-refractivity contribution in [2.45, 2.75) is 13.5 Å². The van der Waals surface area contributed by atoms with Gasteiger partial charge in [0.15, 0.2) is 0 Å². The third-order valence-electron chi connectivity index (χ3n) is 2.76. The van der Waals surface area contributed by atoms with E-state index in [4.69, 9.17) is 16.9 Å². The molecule has 1 aromatic heterocycles. The van der Waals surface area contributed by atoms with Crippen LogP contribution in [0.2, 0.25) is 5.02 Å². The summed E-state index contributed by atoms with van der Waals surface area (Å²) in [6, 6.07) is 7.97. The number of fused-ring (bicyclic) bond motifs is 1. The van der Waals surface area contributed by atoms with E-state index in [0.717, 1.165) is 27.2 Å². The second-order valence-electron chi connectivity index (χ2n) is 3.62. The average molecular weight is 231 g/mol. The van der Waals surface area contributed by atoms with E-state index in [0.29, 0.717) is 6.54 Å². The zero-order valence-electron chi connectivity index (χ0n) is 9.00. The van der Waals surface area contributed by atoms with E-state index in [1.807, 2.05) is 29.7 Å². The maximum absolute atomic E-state index is 8.81. The smallest absolute Gasteiger partial charge is 0.110 e. The van der Waals surface area contributed by atoms with Crippen molar-refractivity contribution in [2.75, 3.05) is 0 Å². The van der Waals surface area contributed by atoms with E-state index in [9.17, 15) is 0 Å². The van der Waals surface area contributed by atoms with Gasteiger partial charge in [0, 0.05) is 21.6 Å². The Kier molecular flexibility index (Phi) is 2.72. The minimum Gasteiger partial charge on any atom is -0.327 e. The van der Waals surface area contributed by atoms with E-state index < -0.39 is 0 Å². The van der Waals surface area contributed by atoms with Gasteiger partial charge >= 0.3 is 0 Å². The van der Waals surface area contributed by atoms with Gasteiger partial charge in [0.25, 0.3) is 0 Å². The zero-order chi connectivity index (χ0) is 11.7. The van der Waals surface area contributed by atoms with Crippen molar-refractivity contribution in [2.24, 2.45) is 0 Å². The first-order valence-electron chi connectivity index (χ1n) is 4.96. The number of hydrogen-bond acceptors (Lipinski definition) is 1. The van der Waals surface area contributed by atoms with Gasteiger partial charge in [-0.3, -0.25) is 0 Å². The summed E-state index contributed by atoms with van der Waals surface area (Å²) in [6.07, 6.45) is 1.75. The zero-order valence-corrected chi connectivity index (χ0v) is 9.75. The van der Waals surface area contributed by atoms with E-state index in [1.165, 1.54) is 0 Å². The molecule has 0 N–H and O–H groups in total. The second kappa shape index (κ2) is 4.03. The van der Waals surface area contributed by atoms with Crippen LogP contribution in [0.5, 0.6) is 0 Å². The van der Waals surface area contributed by atoms with Gasteiger partial charge in [0.2, 0.25) is 0 Å². The van der Waals surface area contributed by atoms with Crippen LogP contribution in [-0.2, 0) is 6.54 Å². The Morgan fingerprint density at radius 3 is 2.94 bits per heavy atom. The first-order chi connectivity index (χ1) is 7.69. The number of halogens is 1. The molecular weight excluding hydrogens is 220 g/mol. The predicted molar refractivity (Wildman–Crippen MR) is 67.4 cm³/mol. The van der Waals surface area contributed by atoms with Crippen LogP contribution in [0.1, 0.15) is 11.3 Å². The summed E-state index contributed by atoms with van der Waals surface area (Å²) in [5, 5.41) is 10.6. The van der Waals surface area contributed by atoms with Crippen molar-refractivity contribution in [3.63, 3.8) is 0 Å². The van der Waals surface area contributed by atoms with Crippen LogP contribution in [0.15, 0.2) is 24.8 Å². The molecule has 0 atom stereocenters. The predicted octanol–water partition coefficient (Wildman–Crippen LogP) is 3.77. The maximum Gasteiger partial charge on any atom is 0.110 e. The molecule has 0 bridgehead atoms. The average Bonchev–Trinajstić information content (AvgIpc) is 2.63. The maximum atomic E-state index is 8.81. The van der Waals surface area contributed by atoms with Gasteiger partial charge in [-0.2, -0.15) is 5.26 Å². The van der Waals surface area contributed by atoms with Crippen LogP contribution in [-0.4, -0.2) is 4.57 Å². The third-order valence-corrected chi connectivity index (χ3v) is 3.17. The summed E-state index contributed by atoms with van der Waals surface area (Å²) in [5.41, 5.74) is 3.01. The molecule has 0 aliphatic rings. The Morgan fingerprint density at radius 2 is 2.31 bits per heavy atom. The van der Waals surface area contributed by atoms with Crippen molar-refractivity contribution in [3.8, 4) is 6.07 Å². The Balaban J connectivity index is 2.83. The Morgan fingerprint density at radius 1 is 1.56 bits per heavy atom. The SMILES string of the molecule is C=Cc1cc2c(C)c(Cl)ccc2n1CC#N. The standard InChI is InChI=1S/C13H11ClN2/c1-3-10-8-11-9(2)12(14)4-5-13(11)16(10)7-6-15/h3-5,8H,1,7H2,2H3. The fourth-order valence-electron chi connectivity index (χ4n) is 1.89. The lowest BCUT2D eigenvalue weighted by molar-refractivity contribution is 0.864. The molecule has 2 nitrogen and oxygen atoms in total. The monoisotopic (exact) mass is 230 g/mol. The highest BCUT2D eigenvalue weighted by Crippen LogP contribution is 2.28. The summed E-state index contributed by atoms with van der Waals surface area (Å²) in [6.45, 7) is 6.06. The van der Waals surface area contributed by atoms with Crippen LogP contribution < -0.4 is 0 Å². The molecule has 2 rings (SSSR count). The highest BCUT2D eigenvalue weighted by molar-refractivity contribution is 6.32. The number of benzene rings is 1. The first kappa shape index (κ1) is 10.8. The largest absolute Gasteiger partial charge is 0.327 e. The molecule has 0 amide bonds. The van der Waals surface area contributed by atoms with Crippen LogP contribution in [0.3, 0.4) is 0 Å². The molecule has 1 heterocycles. The molecule has 2 aromatic rings. The molecule has 80 valence electrons. The van der Waals surface area contributed by atoms with E-state index in [1.54, 1.807) is 6.08 Å². The fraction of sp³-hybridized carbons (Fsp3) is 0.154. The molecule has 3 heteroatoms.